The lowest BCUT2D eigenvalue weighted by Gasteiger charge is -2.40. The predicted molar refractivity (Wildman–Crippen MR) is 163 cm³/mol. The van der Waals surface area contributed by atoms with Crippen molar-refractivity contribution in [2.24, 2.45) is 0 Å². The van der Waals surface area contributed by atoms with Crippen LogP contribution in [-0.4, -0.2) is 91.5 Å². The van der Waals surface area contributed by atoms with Gasteiger partial charge in [0.2, 0.25) is 0 Å². The molecule has 0 radical (unpaired) electrons. The third kappa shape index (κ3) is 8.06. The summed E-state index contributed by atoms with van der Waals surface area (Å²) >= 11 is 0. The first kappa shape index (κ1) is 31.0. The lowest BCUT2D eigenvalue weighted by Crippen LogP contribution is -2.50. The van der Waals surface area contributed by atoms with E-state index < -0.39 is 13.7 Å². The zero-order valence-corrected chi connectivity index (χ0v) is 26.8. The van der Waals surface area contributed by atoms with Gasteiger partial charge in [-0.15, -0.1) is 10.2 Å². The maximum absolute atomic E-state index is 13.0. The third-order valence-corrected chi connectivity index (χ3v) is 8.73. The Morgan fingerprint density at radius 1 is 1.10 bits per heavy atom. The van der Waals surface area contributed by atoms with Crippen molar-refractivity contribution < 1.29 is 23.7 Å². The van der Waals surface area contributed by atoms with Gasteiger partial charge in [0.05, 0.1) is 11.7 Å². The number of amides is 1. The van der Waals surface area contributed by atoms with E-state index in [1.54, 1.807) is 12.0 Å². The molecule has 3 aromatic rings. The van der Waals surface area contributed by atoms with Crippen LogP contribution < -0.4 is 4.74 Å². The second-order valence-corrected chi connectivity index (χ2v) is 18.4. The Morgan fingerprint density at radius 3 is 2.56 bits per heavy atom. The molecule has 1 unspecified atom stereocenters. The van der Waals surface area contributed by atoms with Gasteiger partial charge in [-0.05, 0) is 58.1 Å². The molecule has 0 aliphatic carbocycles. The molecular formula is C30H45N5O5Si. The number of rotatable bonds is 10. The van der Waals surface area contributed by atoms with Crippen molar-refractivity contribution in [3.8, 4) is 17.0 Å². The number of nitrogens with zero attached hydrogens (tertiary/aromatic N) is 5. The molecule has 1 aromatic carbocycles. The third-order valence-electron chi connectivity index (χ3n) is 7.03. The maximum atomic E-state index is 13.0. The second kappa shape index (κ2) is 12.9. The molecule has 0 saturated carbocycles. The van der Waals surface area contributed by atoms with E-state index in [9.17, 15) is 4.79 Å². The standard InChI is InChI=1S/C30H45N5O5Si/c1-30(2,3)40-29(36)34-14-13-33(4)26(19-34)25-18-22-17-24(23-11-9-10-12-27(23)39-21-37-5)31-32-28(22)35(25)20-38-15-16-41(6,7)8/h9-12,17-18,26H,13-16,19-21H2,1-8H3. The van der Waals surface area contributed by atoms with Gasteiger partial charge in [-0.25, -0.2) is 4.79 Å². The highest BCUT2D eigenvalue weighted by Crippen LogP contribution is 2.33. The van der Waals surface area contributed by atoms with Crippen molar-refractivity contribution in [3.05, 3.63) is 42.1 Å². The normalized spacial score (nSPS) is 16.8. The number of likely N-dealkylation sites (N-methyl/N-ethyl adjacent to an activating group) is 1. The number of fused-ring (bicyclic) bond motifs is 1. The Bertz CT molecular complexity index is 1330. The molecule has 3 heterocycles. The molecule has 2 aromatic heterocycles. The van der Waals surface area contributed by atoms with Gasteiger partial charge < -0.3 is 28.4 Å². The van der Waals surface area contributed by atoms with Crippen molar-refractivity contribution in [1.29, 1.82) is 0 Å². The van der Waals surface area contributed by atoms with Crippen LogP contribution in [0.2, 0.25) is 25.7 Å². The van der Waals surface area contributed by atoms with Gasteiger partial charge in [0.1, 0.15) is 18.1 Å². The molecule has 1 aliphatic rings. The summed E-state index contributed by atoms with van der Waals surface area (Å²) in [7, 11) is 2.44. The number of methoxy groups -OCH3 is 1. The summed E-state index contributed by atoms with van der Waals surface area (Å²) in [5.74, 6) is 0.678. The van der Waals surface area contributed by atoms with Gasteiger partial charge in [-0.3, -0.25) is 4.90 Å². The molecule has 0 bridgehead atoms. The van der Waals surface area contributed by atoms with Gasteiger partial charge in [0.25, 0.3) is 0 Å². The Kier molecular flexibility index (Phi) is 9.73. The van der Waals surface area contributed by atoms with Crippen LogP contribution in [0.5, 0.6) is 5.75 Å². The molecule has 1 aliphatic heterocycles. The average Bonchev–Trinajstić information content (AvgIpc) is 3.26. The number of ether oxygens (including phenoxy) is 4. The second-order valence-electron chi connectivity index (χ2n) is 12.8. The summed E-state index contributed by atoms with van der Waals surface area (Å²) in [6, 6.07) is 12.9. The van der Waals surface area contributed by atoms with Crippen LogP contribution in [0.4, 0.5) is 4.79 Å². The zero-order chi connectivity index (χ0) is 29.8. The molecule has 1 atom stereocenters. The van der Waals surface area contributed by atoms with E-state index >= 15 is 0 Å². The maximum Gasteiger partial charge on any atom is 0.410 e. The first-order valence-corrected chi connectivity index (χ1v) is 17.9. The molecule has 0 spiro atoms. The fourth-order valence-corrected chi connectivity index (χ4v) is 5.52. The summed E-state index contributed by atoms with van der Waals surface area (Å²) < 4.78 is 24.9. The topological polar surface area (TPSA) is 91.2 Å². The molecular weight excluding hydrogens is 538 g/mol. The average molecular weight is 584 g/mol. The summed E-state index contributed by atoms with van der Waals surface area (Å²) in [4.78, 5) is 17.1. The van der Waals surface area contributed by atoms with E-state index in [1.807, 2.05) is 51.1 Å². The van der Waals surface area contributed by atoms with Crippen molar-refractivity contribution in [2.45, 2.75) is 64.8 Å². The van der Waals surface area contributed by atoms with E-state index in [4.69, 9.17) is 18.9 Å². The van der Waals surface area contributed by atoms with Crippen LogP contribution in [0.15, 0.2) is 36.4 Å². The van der Waals surface area contributed by atoms with Crippen LogP contribution in [0, 0.1) is 0 Å². The van der Waals surface area contributed by atoms with Gasteiger partial charge in [-0.2, -0.15) is 0 Å². The minimum Gasteiger partial charge on any atom is -0.467 e. The highest BCUT2D eigenvalue weighted by atomic mass is 28.3. The number of carbonyl (C=O) groups excluding carboxylic acids is 1. The fourth-order valence-electron chi connectivity index (χ4n) is 4.76. The minimum atomic E-state index is -1.24. The van der Waals surface area contributed by atoms with Gasteiger partial charge in [0.15, 0.2) is 12.4 Å². The fraction of sp³-hybridized carbons (Fsp3) is 0.567. The Labute approximate surface area is 244 Å². The number of carbonyl (C=O) groups is 1. The monoisotopic (exact) mass is 583 g/mol. The van der Waals surface area contributed by atoms with Crippen molar-refractivity contribution in [1.82, 2.24) is 24.6 Å². The van der Waals surface area contributed by atoms with E-state index in [0.29, 0.717) is 37.9 Å². The Morgan fingerprint density at radius 2 is 1.85 bits per heavy atom. The number of para-hydroxylation sites is 1. The van der Waals surface area contributed by atoms with Crippen LogP contribution >= 0.6 is 0 Å². The van der Waals surface area contributed by atoms with Crippen molar-refractivity contribution in [2.75, 3.05) is 47.2 Å². The molecule has 1 fully saturated rings. The predicted octanol–water partition coefficient (Wildman–Crippen LogP) is 5.62. The highest BCUT2D eigenvalue weighted by molar-refractivity contribution is 6.76. The Balaban J connectivity index is 1.70. The van der Waals surface area contributed by atoms with Crippen LogP contribution in [0.1, 0.15) is 32.5 Å². The first-order valence-electron chi connectivity index (χ1n) is 14.2. The number of piperazine rings is 1. The van der Waals surface area contributed by atoms with E-state index in [0.717, 1.165) is 34.9 Å². The number of benzene rings is 1. The van der Waals surface area contributed by atoms with Crippen LogP contribution in [0.3, 0.4) is 0 Å². The lowest BCUT2D eigenvalue weighted by molar-refractivity contribution is 0.00571. The number of aromatic nitrogens is 3. The van der Waals surface area contributed by atoms with E-state index in [1.165, 1.54) is 0 Å². The smallest absolute Gasteiger partial charge is 0.410 e. The summed E-state index contributed by atoms with van der Waals surface area (Å²) in [6.07, 6.45) is -0.292. The summed E-state index contributed by atoms with van der Waals surface area (Å²) in [5, 5.41) is 10.2. The molecule has 0 N–H and O–H groups in total. The highest BCUT2D eigenvalue weighted by Gasteiger charge is 2.33. The molecule has 224 valence electrons. The quantitative estimate of drug-likeness (QED) is 0.173. The largest absolute Gasteiger partial charge is 0.467 e. The molecule has 41 heavy (non-hydrogen) atoms. The van der Waals surface area contributed by atoms with Gasteiger partial charge in [-0.1, -0.05) is 31.8 Å². The van der Waals surface area contributed by atoms with Crippen molar-refractivity contribution >= 4 is 25.2 Å². The molecule has 1 saturated heterocycles. The number of hydrogen-bond acceptors (Lipinski definition) is 8. The molecule has 10 nitrogen and oxygen atoms in total. The van der Waals surface area contributed by atoms with Crippen molar-refractivity contribution in [3.63, 3.8) is 0 Å². The number of hydrogen-bond donors (Lipinski definition) is 0. The molecule has 4 rings (SSSR count). The lowest BCUT2D eigenvalue weighted by atomic mass is 10.1. The van der Waals surface area contributed by atoms with Gasteiger partial charge >= 0.3 is 6.09 Å². The summed E-state index contributed by atoms with van der Waals surface area (Å²) in [6.45, 7) is 15.7. The SMILES string of the molecule is COCOc1ccccc1-c1cc2cc(C3CN(C(=O)OC(C)(C)C)CCN3C)n(COCC[Si](C)(C)C)c2nn1. The molecule has 11 heteroatoms. The van der Waals surface area contributed by atoms with E-state index in [2.05, 4.69) is 52.4 Å². The van der Waals surface area contributed by atoms with Crippen LogP contribution in [-0.2, 0) is 20.9 Å². The van der Waals surface area contributed by atoms with E-state index in [-0.39, 0.29) is 18.9 Å². The molecule has 1 amide bonds. The zero-order valence-electron chi connectivity index (χ0n) is 25.8. The summed E-state index contributed by atoms with van der Waals surface area (Å²) in [5.41, 5.74) is 2.77. The minimum absolute atomic E-state index is 0.0631. The Hall–Kier alpha value is -2.99. The first-order chi connectivity index (χ1) is 19.4. The van der Waals surface area contributed by atoms with Crippen LogP contribution in [0.25, 0.3) is 22.3 Å². The van der Waals surface area contributed by atoms with Gasteiger partial charge in [0, 0.05) is 58.1 Å².